The molecule has 2 rings (SSSR count). The number of aliphatic hydroxyl groups is 2. The molecule has 19 heteroatoms. The highest BCUT2D eigenvalue weighted by molar-refractivity contribution is 5.97. The number of aromatic nitrogens is 1. The first-order valence-corrected chi connectivity index (χ1v) is 18.8. The van der Waals surface area contributed by atoms with E-state index in [1.54, 1.807) is 40.0 Å². The monoisotopic (exact) mass is 802 g/mol. The summed E-state index contributed by atoms with van der Waals surface area (Å²) in [6.07, 6.45) is -1.70. The summed E-state index contributed by atoms with van der Waals surface area (Å²) in [5.74, 6) is -8.31. The van der Waals surface area contributed by atoms with E-state index in [0.717, 1.165) is 22.7 Å². The number of amides is 7. The number of carbonyl (C=O) groups excluding carboxylic acids is 7. The van der Waals surface area contributed by atoms with E-state index in [1.165, 1.54) is 20.9 Å². The number of benzene rings is 1. The number of carbonyl (C=O) groups is 8. The van der Waals surface area contributed by atoms with Crippen LogP contribution in [0.25, 0.3) is 10.9 Å². The third-order valence-electron chi connectivity index (χ3n) is 9.65. The van der Waals surface area contributed by atoms with Crippen molar-refractivity contribution in [2.45, 2.75) is 123 Å². The van der Waals surface area contributed by atoms with E-state index in [1.807, 2.05) is 18.2 Å². The minimum absolute atomic E-state index is 0.0916. The molecule has 9 atom stereocenters. The second kappa shape index (κ2) is 21.7. The zero-order valence-corrected chi connectivity index (χ0v) is 33.6. The third-order valence-corrected chi connectivity index (χ3v) is 9.65. The van der Waals surface area contributed by atoms with E-state index >= 15 is 0 Å². The van der Waals surface area contributed by atoms with E-state index in [-0.39, 0.29) is 19.3 Å². The average Bonchev–Trinajstić information content (AvgIpc) is 3.53. The predicted molar refractivity (Wildman–Crippen MR) is 208 cm³/mol. The van der Waals surface area contributed by atoms with Crippen molar-refractivity contribution in [2.75, 3.05) is 7.05 Å². The number of hydrogen-bond donors (Lipinski definition) is 10. The second-order valence-electron chi connectivity index (χ2n) is 14.7. The van der Waals surface area contributed by atoms with Crippen molar-refractivity contribution in [3.8, 4) is 0 Å². The largest absolute Gasteiger partial charge is 0.480 e. The molecular formula is C38H58N8O11. The maximum atomic E-state index is 14.0. The summed E-state index contributed by atoms with van der Waals surface area (Å²) >= 11 is 0. The Balaban J connectivity index is 2.43. The van der Waals surface area contributed by atoms with Crippen LogP contribution in [-0.2, 0) is 44.8 Å². The van der Waals surface area contributed by atoms with Crippen LogP contribution < -0.4 is 32.3 Å². The van der Waals surface area contributed by atoms with Gasteiger partial charge in [-0.05, 0) is 43.7 Å². The number of carboxylic acids is 1. The molecule has 0 spiro atoms. The lowest BCUT2D eigenvalue weighted by Crippen LogP contribution is -2.63. The van der Waals surface area contributed by atoms with Gasteiger partial charge in [0.2, 0.25) is 41.4 Å². The number of nitrogens with two attached hydrogens (primary N) is 1. The van der Waals surface area contributed by atoms with Gasteiger partial charge in [0.15, 0.2) is 0 Å². The Morgan fingerprint density at radius 1 is 0.772 bits per heavy atom. The van der Waals surface area contributed by atoms with E-state index < -0.39 is 108 Å². The summed E-state index contributed by atoms with van der Waals surface area (Å²) in [4.78, 5) is 108. The lowest BCUT2D eigenvalue weighted by molar-refractivity contribution is -0.152. The summed E-state index contributed by atoms with van der Waals surface area (Å²) in [7, 11) is 1.31. The molecule has 11 N–H and O–H groups in total. The average molecular weight is 803 g/mol. The van der Waals surface area contributed by atoms with Crippen molar-refractivity contribution >= 4 is 58.2 Å². The van der Waals surface area contributed by atoms with Gasteiger partial charge in [-0.25, -0.2) is 4.79 Å². The molecule has 1 aromatic heterocycles. The van der Waals surface area contributed by atoms with Crippen LogP contribution in [0.4, 0.5) is 0 Å². The van der Waals surface area contributed by atoms with Crippen molar-refractivity contribution in [2.24, 2.45) is 17.6 Å². The number of nitrogens with one attached hydrogen (secondary N) is 6. The molecule has 1 heterocycles. The maximum absolute atomic E-state index is 14.0. The second-order valence-corrected chi connectivity index (χ2v) is 14.7. The minimum atomic E-state index is -1.68. The van der Waals surface area contributed by atoms with Crippen molar-refractivity contribution in [3.05, 3.63) is 36.0 Å². The van der Waals surface area contributed by atoms with Gasteiger partial charge in [0.05, 0.1) is 12.2 Å². The molecule has 1 aromatic carbocycles. The number of fused-ring (bicyclic) bond motifs is 1. The first-order chi connectivity index (χ1) is 26.6. The normalized spacial score (nSPS) is 16.1. The SMILES string of the molecule is CC[C@H](C)[C@H](NC(=O)[C@H](CCC(N)=O)NC(=O)[C@@H](NC(C)=O)[C@@H](C)O)C(=O)N[C@H](C(=O)N[C@@H](Cc1c[nH]c2ccccc12)C(=O)N(C)[C@H](C(=O)O)C(C)C)[C@@H](C)O. The molecule has 0 saturated heterocycles. The lowest BCUT2D eigenvalue weighted by atomic mass is 9.96. The fraction of sp³-hybridized carbons (Fsp3) is 0.579. The number of carboxylic acid groups (broad SMARTS) is 1. The molecule has 0 unspecified atom stereocenters. The van der Waals surface area contributed by atoms with Gasteiger partial charge in [0.1, 0.15) is 36.3 Å². The summed E-state index contributed by atoms with van der Waals surface area (Å²) in [6, 6.07) is -1.36. The number of H-pyrrole nitrogens is 1. The van der Waals surface area contributed by atoms with Gasteiger partial charge < -0.3 is 57.5 Å². The Hall–Kier alpha value is -5.56. The summed E-state index contributed by atoms with van der Waals surface area (Å²) in [5.41, 5.74) is 6.67. The fourth-order valence-corrected chi connectivity index (χ4v) is 6.31. The number of likely N-dealkylation sites (N-methyl/N-ethyl adjacent to an activating group) is 1. The molecule has 0 aliphatic carbocycles. The quantitative estimate of drug-likeness (QED) is 0.0674. The van der Waals surface area contributed by atoms with Gasteiger partial charge in [-0.2, -0.15) is 0 Å². The van der Waals surface area contributed by atoms with E-state index in [9.17, 15) is 53.7 Å². The molecule has 57 heavy (non-hydrogen) atoms. The van der Waals surface area contributed by atoms with Crippen LogP contribution in [-0.4, -0.2) is 128 Å². The molecule has 19 nitrogen and oxygen atoms in total. The van der Waals surface area contributed by atoms with E-state index in [4.69, 9.17) is 5.73 Å². The molecule has 0 fully saturated rings. The van der Waals surface area contributed by atoms with Crippen molar-refractivity contribution in [3.63, 3.8) is 0 Å². The molecular weight excluding hydrogens is 744 g/mol. The van der Waals surface area contributed by atoms with Crippen LogP contribution in [0.2, 0.25) is 0 Å². The first kappa shape index (κ1) is 47.6. The third kappa shape index (κ3) is 13.6. The van der Waals surface area contributed by atoms with E-state index in [2.05, 4.69) is 31.6 Å². The van der Waals surface area contributed by atoms with Crippen LogP contribution in [0.3, 0.4) is 0 Å². The highest BCUT2D eigenvalue weighted by Crippen LogP contribution is 2.21. The minimum Gasteiger partial charge on any atom is -0.480 e. The maximum Gasteiger partial charge on any atom is 0.326 e. The highest BCUT2D eigenvalue weighted by Gasteiger charge is 2.38. The highest BCUT2D eigenvalue weighted by atomic mass is 16.4. The zero-order valence-electron chi connectivity index (χ0n) is 33.6. The van der Waals surface area contributed by atoms with Crippen molar-refractivity contribution in [1.82, 2.24) is 36.5 Å². The molecule has 0 saturated carbocycles. The fourth-order valence-electron chi connectivity index (χ4n) is 6.31. The van der Waals surface area contributed by atoms with Crippen LogP contribution in [0.1, 0.15) is 73.3 Å². The van der Waals surface area contributed by atoms with Gasteiger partial charge in [-0.15, -0.1) is 0 Å². The Kier molecular flexibility index (Phi) is 18.1. The van der Waals surface area contributed by atoms with Gasteiger partial charge >= 0.3 is 5.97 Å². The van der Waals surface area contributed by atoms with Crippen LogP contribution in [0, 0.1) is 11.8 Å². The summed E-state index contributed by atoms with van der Waals surface area (Å²) < 4.78 is 0. The van der Waals surface area contributed by atoms with Gasteiger partial charge in [0.25, 0.3) is 0 Å². The standard InChI is InChI=1S/C38H58N8O11/c1-9-19(4)29(44-33(51)26(14-15-28(39)50)42-35(53)30(20(5)47)41-22(7)49)34(52)45-31(21(6)48)36(54)43-27(37(55)46(8)32(18(2)3)38(56)57)16-23-17-40-25-13-11-10-12-24(23)25/h10-13,17-21,26-27,29-32,40,47-48H,9,14-16H2,1-8H3,(H2,39,50)(H,41,49)(H,42,53)(H,43,54)(H,44,51)(H,45,52)(H,56,57)/t19-,20+,21+,26-,27-,29-,30-,31-,32-/m0/s1. The lowest BCUT2D eigenvalue weighted by Gasteiger charge is -2.33. The summed E-state index contributed by atoms with van der Waals surface area (Å²) in [6.45, 7) is 10.2. The number of aromatic amines is 1. The molecule has 316 valence electrons. The van der Waals surface area contributed by atoms with Gasteiger partial charge in [-0.3, -0.25) is 33.6 Å². The Labute approximate surface area is 331 Å². The summed E-state index contributed by atoms with van der Waals surface area (Å²) in [5, 5.41) is 43.8. The predicted octanol–water partition coefficient (Wildman–Crippen LogP) is -1.20. The Morgan fingerprint density at radius 3 is 1.81 bits per heavy atom. The molecule has 0 aliphatic heterocycles. The number of rotatable bonds is 22. The number of para-hydroxylation sites is 1. The number of hydrogen-bond acceptors (Lipinski definition) is 10. The van der Waals surface area contributed by atoms with Crippen LogP contribution in [0.15, 0.2) is 30.5 Å². The van der Waals surface area contributed by atoms with E-state index in [0.29, 0.717) is 12.0 Å². The van der Waals surface area contributed by atoms with Gasteiger partial charge in [-0.1, -0.05) is 52.3 Å². The molecule has 7 amide bonds. The number of aliphatic carboxylic acids is 1. The number of aliphatic hydroxyl groups excluding tert-OH is 2. The van der Waals surface area contributed by atoms with Crippen molar-refractivity contribution in [1.29, 1.82) is 0 Å². The van der Waals surface area contributed by atoms with Gasteiger partial charge in [0, 0.05) is 43.9 Å². The first-order valence-electron chi connectivity index (χ1n) is 18.8. The molecule has 2 aromatic rings. The molecule has 0 aliphatic rings. The smallest absolute Gasteiger partial charge is 0.326 e. The Morgan fingerprint density at radius 2 is 1.30 bits per heavy atom. The molecule has 0 bridgehead atoms. The molecule has 0 radical (unpaired) electrons. The topological polar surface area (TPSA) is 302 Å². The number of nitrogens with zero attached hydrogens (tertiary/aromatic N) is 1. The van der Waals surface area contributed by atoms with Crippen LogP contribution in [0.5, 0.6) is 0 Å². The Bertz CT molecular complexity index is 1760. The van der Waals surface area contributed by atoms with Crippen molar-refractivity contribution < 1.29 is 53.7 Å². The zero-order chi connectivity index (χ0) is 43.3. The van der Waals surface area contributed by atoms with Crippen LogP contribution >= 0.6 is 0 Å². The number of primary amides is 1.